The first-order valence-electron chi connectivity index (χ1n) is 11.8. The molecule has 15 heteroatoms. The summed E-state index contributed by atoms with van der Waals surface area (Å²) in [5.74, 6) is -5.11. The monoisotopic (exact) mass is 592 g/mol. The van der Waals surface area contributed by atoms with Gasteiger partial charge >= 0.3 is 24.6 Å². The van der Waals surface area contributed by atoms with Gasteiger partial charge in [-0.05, 0) is 72.1 Å². The summed E-state index contributed by atoms with van der Waals surface area (Å²) in [6.07, 6.45) is -12.0. The van der Waals surface area contributed by atoms with E-state index in [2.05, 4.69) is 10.1 Å². The second kappa shape index (κ2) is 12.6. The number of amides is 1. The minimum Gasteiger partial charge on any atom is -0.458 e. The summed E-state index contributed by atoms with van der Waals surface area (Å²) in [4.78, 5) is 24.8. The summed E-state index contributed by atoms with van der Waals surface area (Å²) in [6, 6.07) is 1.70. The van der Waals surface area contributed by atoms with E-state index in [0.717, 1.165) is 24.3 Å². The van der Waals surface area contributed by atoms with Crippen LogP contribution in [-0.2, 0) is 24.0 Å². The smallest absolute Gasteiger partial charge is 0.458 e. The van der Waals surface area contributed by atoms with Gasteiger partial charge in [0.1, 0.15) is 23.0 Å². The number of alkyl carbamates (subject to hydrolysis) is 1. The van der Waals surface area contributed by atoms with Gasteiger partial charge in [-0.15, -0.1) is 13.2 Å². The van der Waals surface area contributed by atoms with Crippen LogP contribution in [0, 0.1) is 4.78 Å². The number of benzene rings is 1. The molecule has 224 valence electrons. The van der Waals surface area contributed by atoms with Gasteiger partial charge < -0.3 is 19.5 Å². The minimum absolute atomic E-state index is 0.378. The molecule has 0 aromatic heterocycles. The molecule has 3 atom stereocenters. The van der Waals surface area contributed by atoms with Gasteiger partial charge in [0.05, 0.1) is 5.92 Å². The van der Waals surface area contributed by atoms with Crippen molar-refractivity contribution in [1.29, 1.82) is 4.78 Å². The van der Waals surface area contributed by atoms with Crippen LogP contribution in [-0.4, -0.2) is 57.6 Å². The Balaban J connectivity index is 2.98. The van der Waals surface area contributed by atoms with Gasteiger partial charge in [-0.3, -0.25) is 4.78 Å². The molecule has 0 saturated carbocycles. The van der Waals surface area contributed by atoms with Gasteiger partial charge in [0.15, 0.2) is 0 Å². The average molecular weight is 593 g/mol. The number of ether oxygens (including phenoxy) is 3. The highest BCUT2D eigenvalue weighted by molar-refractivity contribution is 7.92. The lowest BCUT2D eigenvalue weighted by Gasteiger charge is -2.26. The number of hydrogen-bond donors (Lipinski definition) is 2. The van der Waals surface area contributed by atoms with E-state index in [1.807, 2.05) is 0 Å². The number of nitrogens with one attached hydrogen (secondary N) is 2. The zero-order valence-corrected chi connectivity index (χ0v) is 23.2. The Bertz CT molecular complexity index is 1070. The Labute approximate surface area is 223 Å². The molecule has 8 nitrogen and oxygen atoms in total. The second-order valence-electron chi connectivity index (χ2n) is 10.7. The SMILES string of the molecule is CC(C)(C)OC(=O)N[C@@H](CCS(=N)(=O)CCC(c1ccc(OC(F)(F)F)cc1)C(F)(F)F)C(=O)OC(C)(C)C. The van der Waals surface area contributed by atoms with Gasteiger partial charge in [0.25, 0.3) is 0 Å². The number of esters is 1. The summed E-state index contributed by atoms with van der Waals surface area (Å²) in [5.41, 5.74) is -2.26. The number of carbonyl (C=O) groups is 2. The zero-order chi connectivity index (χ0) is 30.4. The maximum absolute atomic E-state index is 13.7. The van der Waals surface area contributed by atoms with Crippen LogP contribution in [0.4, 0.5) is 31.1 Å². The molecule has 0 aliphatic carbocycles. The van der Waals surface area contributed by atoms with Gasteiger partial charge in [-0.1, -0.05) is 12.1 Å². The van der Waals surface area contributed by atoms with Crippen LogP contribution in [0.2, 0.25) is 0 Å². The molecule has 2 N–H and O–H groups in total. The zero-order valence-electron chi connectivity index (χ0n) is 22.4. The molecule has 1 amide bonds. The van der Waals surface area contributed by atoms with E-state index in [1.54, 1.807) is 41.5 Å². The van der Waals surface area contributed by atoms with Crippen LogP contribution >= 0.6 is 0 Å². The van der Waals surface area contributed by atoms with E-state index < -0.39 is 86.7 Å². The van der Waals surface area contributed by atoms with Crippen molar-refractivity contribution in [3.8, 4) is 5.75 Å². The number of carbonyl (C=O) groups excluding carboxylic acids is 2. The molecule has 1 aromatic rings. The van der Waals surface area contributed by atoms with E-state index in [4.69, 9.17) is 14.3 Å². The molecular weight excluding hydrogens is 558 g/mol. The predicted molar refractivity (Wildman–Crippen MR) is 131 cm³/mol. The number of hydrogen-bond acceptors (Lipinski definition) is 7. The summed E-state index contributed by atoms with van der Waals surface area (Å²) in [6.45, 7) is 9.46. The summed E-state index contributed by atoms with van der Waals surface area (Å²) >= 11 is 0. The first-order chi connectivity index (χ1) is 17.4. The molecule has 0 aliphatic rings. The highest BCUT2D eigenvalue weighted by atomic mass is 32.2. The lowest BCUT2D eigenvalue weighted by atomic mass is 9.96. The maximum Gasteiger partial charge on any atom is 0.573 e. The normalized spacial score (nSPS) is 16.0. The molecule has 0 aliphatic heterocycles. The number of halogens is 6. The van der Waals surface area contributed by atoms with E-state index in [1.165, 1.54) is 0 Å². The van der Waals surface area contributed by atoms with E-state index in [9.17, 15) is 40.1 Å². The Hall–Kier alpha value is -2.71. The molecule has 1 aromatic carbocycles. The third-order valence-corrected chi connectivity index (χ3v) is 6.56. The summed E-state index contributed by atoms with van der Waals surface area (Å²) in [5, 5.41) is 2.29. The average Bonchev–Trinajstić information content (AvgIpc) is 2.67. The molecule has 0 saturated heterocycles. The minimum atomic E-state index is -5.02. The molecular formula is C24H34F6N2O6S. The number of alkyl halides is 6. The van der Waals surface area contributed by atoms with Crippen molar-refractivity contribution in [2.75, 3.05) is 11.5 Å². The van der Waals surface area contributed by atoms with Crippen molar-refractivity contribution < 1.29 is 54.4 Å². The molecule has 0 radical (unpaired) electrons. The fraction of sp³-hybridized carbons (Fsp3) is 0.667. The molecule has 0 bridgehead atoms. The van der Waals surface area contributed by atoms with Gasteiger partial charge in [0.2, 0.25) is 0 Å². The first kappa shape index (κ1) is 34.3. The first-order valence-corrected chi connectivity index (χ1v) is 13.7. The molecule has 0 spiro atoms. The Morgan fingerprint density at radius 2 is 1.36 bits per heavy atom. The van der Waals surface area contributed by atoms with Crippen LogP contribution in [0.1, 0.15) is 65.9 Å². The van der Waals surface area contributed by atoms with Crippen LogP contribution in [0.3, 0.4) is 0 Å². The standard InChI is InChI=1S/C24H34F6N2O6S/c1-21(2,3)37-19(33)18(32-20(34)38-22(4,5)6)12-14-39(31,35)13-11-17(23(25,26)27)15-7-9-16(10-8-15)36-24(28,29)30/h7-10,17-18,31H,11-14H2,1-6H3,(H,32,34)/t17?,18-,39?/m0/s1. The van der Waals surface area contributed by atoms with E-state index in [-0.39, 0.29) is 6.42 Å². The van der Waals surface area contributed by atoms with Crippen molar-refractivity contribution in [1.82, 2.24) is 5.32 Å². The summed E-state index contributed by atoms with van der Waals surface area (Å²) < 4.78 is 113. The third kappa shape index (κ3) is 14.3. The molecule has 1 rings (SSSR count). The molecule has 0 heterocycles. The van der Waals surface area contributed by atoms with Crippen molar-refractivity contribution in [2.24, 2.45) is 0 Å². The quantitative estimate of drug-likeness (QED) is 0.244. The maximum atomic E-state index is 13.7. The predicted octanol–water partition coefficient (Wildman–Crippen LogP) is 6.29. The van der Waals surface area contributed by atoms with E-state index in [0.29, 0.717) is 0 Å². The molecule has 2 unspecified atom stereocenters. The van der Waals surface area contributed by atoms with E-state index >= 15 is 0 Å². The van der Waals surface area contributed by atoms with Crippen molar-refractivity contribution in [3.63, 3.8) is 0 Å². The Kier molecular flexibility index (Phi) is 11.1. The summed E-state index contributed by atoms with van der Waals surface area (Å²) in [7, 11) is -3.69. The second-order valence-corrected chi connectivity index (χ2v) is 13.2. The Morgan fingerprint density at radius 3 is 1.79 bits per heavy atom. The van der Waals surface area contributed by atoms with Crippen LogP contribution in [0.15, 0.2) is 24.3 Å². The number of rotatable bonds is 10. The lowest BCUT2D eigenvalue weighted by molar-refractivity contribution is -0.274. The van der Waals surface area contributed by atoms with Gasteiger partial charge in [-0.25, -0.2) is 13.8 Å². The van der Waals surface area contributed by atoms with Crippen LogP contribution < -0.4 is 10.1 Å². The largest absolute Gasteiger partial charge is 0.573 e. The fourth-order valence-electron chi connectivity index (χ4n) is 3.21. The highest BCUT2D eigenvalue weighted by Crippen LogP contribution is 2.38. The molecule has 39 heavy (non-hydrogen) atoms. The lowest BCUT2D eigenvalue weighted by Crippen LogP contribution is -2.46. The van der Waals surface area contributed by atoms with Crippen molar-refractivity contribution >= 4 is 21.8 Å². The Morgan fingerprint density at radius 1 is 0.872 bits per heavy atom. The molecule has 0 fully saturated rings. The van der Waals surface area contributed by atoms with Gasteiger partial charge in [-0.2, -0.15) is 13.2 Å². The van der Waals surface area contributed by atoms with Gasteiger partial charge in [0, 0.05) is 21.2 Å². The van der Waals surface area contributed by atoms with Crippen molar-refractivity contribution in [2.45, 2.75) is 90.1 Å². The van der Waals surface area contributed by atoms with Crippen molar-refractivity contribution in [3.05, 3.63) is 29.8 Å². The fourth-order valence-corrected chi connectivity index (χ4v) is 4.65. The third-order valence-electron chi connectivity index (χ3n) is 4.77. The van der Waals surface area contributed by atoms with Crippen LogP contribution in [0.5, 0.6) is 5.75 Å². The highest BCUT2D eigenvalue weighted by Gasteiger charge is 2.41. The van der Waals surface area contributed by atoms with Crippen LogP contribution in [0.25, 0.3) is 0 Å². The topological polar surface area (TPSA) is 115 Å².